The maximum Gasteiger partial charge on any atom is 0.311 e. The van der Waals surface area contributed by atoms with Crippen LogP contribution in [0.4, 0.5) is 5.13 Å². The number of ether oxygens (including phenoxy) is 1. The second-order valence-corrected chi connectivity index (χ2v) is 5.92. The molecular formula is C12H19N3O3S. The number of nitrogens with zero attached hydrogens (tertiary/aromatic N) is 2. The lowest BCUT2D eigenvalue weighted by Gasteiger charge is -2.32. The van der Waals surface area contributed by atoms with E-state index in [2.05, 4.69) is 14.7 Å². The van der Waals surface area contributed by atoms with E-state index in [0.717, 1.165) is 5.82 Å². The van der Waals surface area contributed by atoms with Gasteiger partial charge in [-0.3, -0.25) is 4.79 Å². The van der Waals surface area contributed by atoms with Gasteiger partial charge in [-0.1, -0.05) is 13.8 Å². The number of hydrogen-bond acceptors (Lipinski definition) is 6. The highest BCUT2D eigenvalue weighted by atomic mass is 32.1. The Hall–Kier alpha value is -1.21. The number of aromatic nitrogens is 2. The first-order valence-corrected chi connectivity index (χ1v) is 7.19. The fourth-order valence-electron chi connectivity index (χ4n) is 2.01. The number of hydrogen-bond donors (Lipinski definition) is 2. The van der Waals surface area contributed by atoms with Gasteiger partial charge < -0.3 is 15.2 Å². The van der Waals surface area contributed by atoms with Crippen LogP contribution in [0.3, 0.4) is 0 Å². The number of rotatable bonds is 5. The van der Waals surface area contributed by atoms with Crippen molar-refractivity contribution in [2.45, 2.75) is 32.6 Å². The van der Waals surface area contributed by atoms with Crippen LogP contribution in [0.15, 0.2) is 0 Å². The van der Waals surface area contributed by atoms with E-state index in [1.165, 1.54) is 11.5 Å². The van der Waals surface area contributed by atoms with E-state index in [-0.39, 0.29) is 5.92 Å². The van der Waals surface area contributed by atoms with Gasteiger partial charge in [0.05, 0.1) is 5.41 Å². The summed E-state index contributed by atoms with van der Waals surface area (Å²) in [5.74, 6) is 0.309. The zero-order valence-electron chi connectivity index (χ0n) is 11.2. The topological polar surface area (TPSA) is 84.3 Å². The van der Waals surface area contributed by atoms with E-state index < -0.39 is 11.4 Å². The Morgan fingerprint density at radius 3 is 2.74 bits per heavy atom. The molecule has 0 atom stereocenters. The number of carboxylic acids is 1. The monoisotopic (exact) mass is 285 g/mol. The first-order chi connectivity index (χ1) is 9.03. The average molecular weight is 285 g/mol. The Labute approximate surface area is 116 Å². The van der Waals surface area contributed by atoms with Gasteiger partial charge in [0.2, 0.25) is 5.13 Å². The fourth-order valence-corrected chi connectivity index (χ4v) is 2.72. The molecule has 1 aliphatic rings. The molecule has 0 unspecified atom stereocenters. The van der Waals surface area contributed by atoms with Crippen LogP contribution < -0.4 is 5.32 Å². The summed E-state index contributed by atoms with van der Waals surface area (Å²) in [4.78, 5) is 15.8. The number of carbonyl (C=O) groups is 1. The molecule has 1 saturated heterocycles. The van der Waals surface area contributed by atoms with Crippen molar-refractivity contribution < 1.29 is 14.6 Å². The lowest BCUT2D eigenvalue weighted by atomic mass is 9.80. The van der Waals surface area contributed by atoms with Gasteiger partial charge >= 0.3 is 5.97 Å². The van der Waals surface area contributed by atoms with E-state index in [0.29, 0.717) is 37.7 Å². The third-order valence-corrected chi connectivity index (χ3v) is 4.13. The standard InChI is InChI=1S/C12H19N3O3S/c1-8(2)9-14-11(19-15-9)13-7-12(10(16)17)3-5-18-6-4-12/h8H,3-7H2,1-2H3,(H,16,17)(H,13,14,15). The largest absolute Gasteiger partial charge is 0.481 e. The molecule has 0 aromatic carbocycles. The molecule has 1 aromatic rings. The minimum atomic E-state index is -0.767. The van der Waals surface area contributed by atoms with Crippen molar-refractivity contribution >= 4 is 22.6 Å². The number of anilines is 1. The molecule has 7 heteroatoms. The van der Waals surface area contributed by atoms with Gasteiger partial charge in [0.25, 0.3) is 0 Å². The predicted molar refractivity (Wildman–Crippen MR) is 72.6 cm³/mol. The van der Waals surface area contributed by atoms with Crippen molar-refractivity contribution in [3.8, 4) is 0 Å². The van der Waals surface area contributed by atoms with Crippen molar-refractivity contribution in [1.82, 2.24) is 9.36 Å². The molecule has 1 aromatic heterocycles. The summed E-state index contributed by atoms with van der Waals surface area (Å²) in [6.45, 7) is 5.44. The van der Waals surface area contributed by atoms with E-state index in [4.69, 9.17) is 4.74 Å². The minimum Gasteiger partial charge on any atom is -0.481 e. The molecule has 2 rings (SSSR count). The summed E-state index contributed by atoms with van der Waals surface area (Å²) in [5.41, 5.74) is -0.748. The molecule has 1 fully saturated rings. The van der Waals surface area contributed by atoms with Crippen LogP contribution in [-0.4, -0.2) is 40.2 Å². The van der Waals surface area contributed by atoms with Gasteiger partial charge in [0.15, 0.2) is 0 Å². The summed E-state index contributed by atoms with van der Waals surface area (Å²) in [5, 5.41) is 13.2. The molecule has 0 aliphatic carbocycles. The predicted octanol–water partition coefficient (Wildman–Crippen LogP) is 1.95. The summed E-state index contributed by atoms with van der Waals surface area (Å²) < 4.78 is 9.49. The summed E-state index contributed by atoms with van der Waals surface area (Å²) in [7, 11) is 0. The third kappa shape index (κ3) is 3.22. The Morgan fingerprint density at radius 1 is 1.53 bits per heavy atom. The van der Waals surface area contributed by atoms with Gasteiger partial charge in [-0.25, -0.2) is 4.98 Å². The summed E-state index contributed by atoms with van der Waals surface area (Å²) in [6, 6.07) is 0. The maximum absolute atomic E-state index is 11.5. The van der Waals surface area contributed by atoms with Crippen LogP contribution in [0.2, 0.25) is 0 Å². The van der Waals surface area contributed by atoms with Crippen molar-refractivity contribution in [2.75, 3.05) is 25.1 Å². The normalized spacial score (nSPS) is 18.5. The number of carboxylic acid groups (broad SMARTS) is 1. The molecule has 6 nitrogen and oxygen atoms in total. The Morgan fingerprint density at radius 2 is 2.21 bits per heavy atom. The first kappa shape index (κ1) is 14.2. The molecule has 0 saturated carbocycles. The molecule has 0 spiro atoms. The highest BCUT2D eigenvalue weighted by molar-refractivity contribution is 7.09. The molecular weight excluding hydrogens is 266 g/mol. The van der Waals surface area contributed by atoms with Crippen LogP contribution in [0.5, 0.6) is 0 Å². The van der Waals surface area contributed by atoms with E-state index in [1.807, 2.05) is 13.8 Å². The molecule has 0 bridgehead atoms. The zero-order valence-corrected chi connectivity index (χ0v) is 12.0. The highest BCUT2D eigenvalue weighted by Crippen LogP contribution is 2.31. The number of nitrogens with one attached hydrogen (secondary N) is 1. The molecule has 1 aliphatic heterocycles. The smallest absolute Gasteiger partial charge is 0.311 e. The van der Waals surface area contributed by atoms with Crippen LogP contribution in [-0.2, 0) is 9.53 Å². The lowest BCUT2D eigenvalue weighted by molar-refractivity contribution is -0.153. The lowest BCUT2D eigenvalue weighted by Crippen LogP contribution is -2.42. The zero-order chi connectivity index (χ0) is 13.9. The first-order valence-electron chi connectivity index (χ1n) is 6.42. The van der Waals surface area contributed by atoms with Crippen LogP contribution >= 0.6 is 11.5 Å². The summed E-state index contributed by atoms with van der Waals surface area (Å²) in [6.07, 6.45) is 1.07. The van der Waals surface area contributed by atoms with Crippen molar-refractivity contribution in [3.63, 3.8) is 0 Å². The van der Waals surface area contributed by atoms with Gasteiger partial charge in [-0.2, -0.15) is 4.37 Å². The van der Waals surface area contributed by atoms with Crippen LogP contribution in [0, 0.1) is 5.41 Å². The fraction of sp³-hybridized carbons (Fsp3) is 0.750. The molecule has 19 heavy (non-hydrogen) atoms. The van der Waals surface area contributed by atoms with Gasteiger partial charge in [-0.05, 0) is 12.8 Å². The third-order valence-electron chi connectivity index (χ3n) is 3.44. The molecule has 106 valence electrons. The molecule has 0 amide bonds. The molecule has 2 N–H and O–H groups in total. The molecule has 0 radical (unpaired) electrons. The Bertz CT molecular complexity index is 441. The quantitative estimate of drug-likeness (QED) is 0.860. The Kier molecular flexibility index (Phi) is 4.36. The van der Waals surface area contributed by atoms with E-state index in [1.54, 1.807) is 0 Å². The van der Waals surface area contributed by atoms with Crippen molar-refractivity contribution in [1.29, 1.82) is 0 Å². The number of aliphatic carboxylic acids is 1. The van der Waals surface area contributed by atoms with Gasteiger partial charge in [0, 0.05) is 37.2 Å². The van der Waals surface area contributed by atoms with Crippen LogP contribution in [0.25, 0.3) is 0 Å². The minimum absolute atomic E-state index is 0.281. The summed E-state index contributed by atoms with van der Waals surface area (Å²) >= 11 is 1.28. The maximum atomic E-state index is 11.5. The van der Waals surface area contributed by atoms with E-state index in [9.17, 15) is 9.90 Å². The van der Waals surface area contributed by atoms with Gasteiger partial charge in [0.1, 0.15) is 5.82 Å². The Balaban J connectivity index is 2.00. The van der Waals surface area contributed by atoms with Crippen molar-refractivity contribution in [3.05, 3.63) is 5.82 Å². The van der Waals surface area contributed by atoms with E-state index >= 15 is 0 Å². The average Bonchev–Trinajstić information content (AvgIpc) is 2.86. The van der Waals surface area contributed by atoms with Crippen molar-refractivity contribution in [2.24, 2.45) is 5.41 Å². The second-order valence-electron chi connectivity index (χ2n) is 5.16. The van der Waals surface area contributed by atoms with Crippen LogP contribution in [0.1, 0.15) is 38.4 Å². The second kappa shape index (κ2) is 5.83. The van der Waals surface area contributed by atoms with Gasteiger partial charge in [-0.15, -0.1) is 0 Å². The SMILES string of the molecule is CC(C)c1nsc(NCC2(C(=O)O)CCOCC2)n1. The molecule has 2 heterocycles. The highest BCUT2D eigenvalue weighted by Gasteiger charge is 2.40.